The molecule has 1 N–H and O–H groups in total. The molecule has 0 radical (unpaired) electrons. The Balaban J connectivity index is 1.71. The van der Waals surface area contributed by atoms with E-state index >= 15 is 0 Å². The van der Waals surface area contributed by atoms with Crippen LogP contribution in [0.4, 0.5) is 0 Å². The molecule has 1 aliphatic rings. The summed E-state index contributed by atoms with van der Waals surface area (Å²) in [4.78, 5) is 2.54. The number of furan rings is 1. The Bertz CT molecular complexity index is 302. The molecule has 0 spiro atoms. The quantitative estimate of drug-likeness (QED) is 0.851. The van der Waals surface area contributed by atoms with Crippen LogP contribution < -0.4 is 5.32 Å². The van der Waals surface area contributed by atoms with Crippen LogP contribution in [-0.4, -0.2) is 30.6 Å². The van der Waals surface area contributed by atoms with Gasteiger partial charge in [-0.1, -0.05) is 6.92 Å². The summed E-state index contributed by atoms with van der Waals surface area (Å²) in [5.41, 5.74) is 0. The van der Waals surface area contributed by atoms with Gasteiger partial charge in [-0.3, -0.25) is 0 Å². The summed E-state index contributed by atoms with van der Waals surface area (Å²) in [6.45, 7) is 9.11. The highest BCUT2D eigenvalue weighted by molar-refractivity contribution is 4.98. The van der Waals surface area contributed by atoms with Gasteiger partial charge in [0.15, 0.2) is 0 Å². The molecule has 1 fully saturated rings. The second-order valence-electron chi connectivity index (χ2n) is 5.02. The van der Waals surface area contributed by atoms with Gasteiger partial charge in [0.05, 0.1) is 12.8 Å². The molecule has 0 bridgehead atoms. The molecular weight excluding hydrogens is 212 g/mol. The molecule has 3 heteroatoms. The van der Waals surface area contributed by atoms with Crippen molar-refractivity contribution in [2.24, 2.45) is 5.92 Å². The van der Waals surface area contributed by atoms with E-state index in [2.05, 4.69) is 24.1 Å². The van der Waals surface area contributed by atoms with Gasteiger partial charge in [-0.05, 0) is 57.5 Å². The third kappa shape index (κ3) is 3.58. The molecule has 3 nitrogen and oxygen atoms in total. The Hall–Kier alpha value is -0.800. The van der Waals surface area contributed by atoms with Crippen molar-refractivity contribution in [2.45, 2.75) is 39.3 Å². The van der Waals surface area contributed by atoms with E-state index in [4.69, 9.17) is 4.42 Å². The van der Waals surface area contributed by atoms with Crippen LogP contribution in [0.2, 0.25) is 0 Å². The van der Waals surface area contributed by atoms with Crippen molar-refractivity contribution in [3.63, 3.8) is 0 Å². The average Bonchev–Trinajstić information content (AvgIpc) is 2.89. The first-order valence-corrected chi connectivity index (χ1v) is 6.77. The van der Waals surface area contributed by atoms with Crippen LogP contribution in [0.25, 0.3) is 0 Å². The zero-order chi connectivity index (χ0) is 12.1. The summed E-state index contributed by atoms with van der Waals surface area (Å²) in [7, 11) is 0. The Labute approximate surface area is 104 Å². The maximum Gasteiger partial charge on any atom is 0.117 e. The van der Waals surface area contributed by atoms with Gasteiger partial charge in [-0.15, -0.1) is 0 Å². The molecule has 17 heavy (non-hydrogen) atoms. The molecule has 0 amide bonds. The molecule has 2 rings (SSSR count). The van der Waals surface area contributed by atoms with Gasteiger partial charge in [0.25, 0.3) is 0 Å². The van der Waals surface area contributed by atoms with E-state index in [0.29, 0.717) is 6.04 Å². The van der Waals surface area contributed by atoms with Crippen LogP contribution in [0, 0.1) is 5.92 Å². The average molecular weight is 236 g/mol. The minimum absolute atomic E-state index is 0.583. The zero-order valence-electron chi connectivity index (χ0n) is 11.0. The van der Waals surface area contributed by atoms with E-state index in [0.717, 1.165) is 18.2 Å². The normalized spacial score (nSPS) is 20.6. The Morgan fingerprint density at radius 1 is 1.47 bits per heavy atom. The second kappa shape index (κ2) is 6.22. The van der Waals surface area contributed by atoms with E-state index in [1.807, 2.05) is 12.1 Å². The zero-order valence-corrected chi connectivity index (χ0v) is 11.0. The molecular formula is C14H24N2O. The lowest BCUT2D eigenvalue weighted by molar-refractivity contribution is 0.167. The van der Waals surface area contributed by atoms with Gasteiger partial charge in [-0.25, -0.2) is 0 Å². The van der Waals surface area contributed by atoms with E-state index < -0.39 is 0 Å². The van der Waals surface area contributed by atoms with Crippen molar-refractivity contribution in [1.82, 2.24) is 10.2 Å². The smallest absolute Gasteiger partial charge is 0.117 e. The van der Waals surface area contributed by atoms with Gasteiger partial charge in [-0.2, -0.15) is 0 Å². The summed E-state index contributed by atoms with van der Waals surface area (Å²) >= 11 is 0. The van der Waals surface area contributed by atoms with Crippen LogP contribution in [0.1, 0.15) is 32.4 Å². The minimum atomic E-state index is 0.583. The highest BCUT2D eigenvalue weighted by atomic mass is 16.3. The van der Waals surface area contributed by atoms with Gasteiger partial charge in [0.2, 0.25) is 0 Å². The van der Waals surface area contributed by atoms with E-state index in [1.54, 1.807) is 6.26 Å². The highest BCUT2D eigenvalue weighted by Gasteiger charge is 2.22. The lowest BCUT2D eigenvalue weighted by Crippen LogP contribution is -2.41. The molecule has 1 atom stereocenters. The van der Waals surface area contributed by atoms with E-state index in [1.165, 1.54) is 32.5 Å². The second-order valence-corrected chi connectivity index (χ2v) is 5.02. The summed E-state index contributed by atoms with van der Waals surface area (Å²) in [5, 5.41) is 3.58. The predicted molar refractivity (Wildman–Crippen MR) is 69.8 cm³/mol. The molecule has 0 aliphatic carbocycles. The standard InChI is InChI=1S/C14H24N2O/c1-3-16-8-6-13(7-9-16)12(2)15-11-14-5-4-10-17-14/h4-5,10,12-13,15H,3,6-9,11H2,1-2H3. The van der Waals surface area contributed by atoms with E-state index in [-0.39, 0.29) is 0 Å². The number of piperidine rings is 1. The van der Waals surface area contributed by atoms with Gasteiger partial charge in [0.1, 0.15) is 5.76 Å². The van der Waals surface area contributed by atoms with Gasteiger partial charge >= 0.3 is 0 Å². The summed E-state index contributed by atoms with van der Waals surface area (Å²) in [5.74, 6) is 1.84. The first-order chi connectivity index (χ1) is 8.29. The fourth-order valence-electron chi connectivity index (χ4n) is 2.61. The van der Waals surface area contributed by atoms with Crippen molar-refractivity contribution in [1.29, 1.82) is 0 Å². The summed E-state index contributed by atoms with van der Waals surface area (Å²) in [6, 6.07) is 4.56. The Morgan fingerprint density at radius 2 is 2.24 bits per heavy atom. The van der Waals surface area contributed by atoms with Crippen molar-refractivity contribution in [3.8, 4) is 0 Å². The Morgan fingerprint density at radius 3 is 2.82 bits per heavy atom. The summed E-state index contributed by atoms with van der Waals surface area (Å²) in [6.07, 6.45) is 4.38. The minimum Gasteiger partial charge on any atom is -0.468 e. The fourth-order valence-corrected chi connectivity index (χ4v) is 2.61. The van der Waals surface area contributed by atoms with Crippen molar-refractivity contribution < 1.29 is 4.42 Å². The van der Waals surface area contributed by atoms with Gasteiger partial charge < -0.3 is 14.6 Å². The number of nitrogens with zero attached hydrogens (tertiary/aromatic N) is 1. The number of hydrogen-bond donors (Lipinski definition) is 1. The van der Waals surface area contributed by atoms with Crippen LogP contribution in [0.3, 0.4) is 0 Å². The molecule has 0 aromatic carbocycles. The van der Waals surface area contributed by atoms with Gasteiger partial charge in [0, 0.05) is 6.04 Å². The topological polar surface area (TPSA) is 28.4 Å². The SMILES string of the molecule is CCN1CCC(C(C)NCc2ccco2)CC1. The fraction of sp³-hybridized carbons (Fsp3) is 0.714. The lowest BCUT2D eigenvalue weighted by atomic mass is 9.90. The first-order valence-electron chi connectivity index (χ1n) is 6.77. The van der Waals surface area contributed by atoms with Crippen molar-refractivity contribution in [3.05, 3.63) is 24.2 Å². The van der Waals surface area contributed by atoms with Crippen LogP contribution in [0.15, 0.2) is 22.8 Å². The number of hydrogen-bond acceptors (Lipinski definition) is 3. The third-order valence-corrected chi connectivity index (χ3v) is 3.96. The molecule has 1 aliphatic heterocycles. The molecule has 0 saturated carbocycles. The van der Waals surface area contributed by atoms with Crippen molar-refractivity contribution in [2.75, 3.05) is 19.6 Å². The molecule has 1 saturated heterocycles. The lowest BCUT2D eigenvalue weighted by Gasteiger charge is -2.34. The van der Waals surface area contributed by atoms with Crippen LogP contribution in [0.5, 0.6) is 0 Å². The Kier molecular flexibility index (Phi) is 4.63. The van der Waals surface area contributed by atoms with Crippen LogP contribution in [-0.2, 0) is 6.54 Å². The maximum absolute atomic E-state index is 5.33. The van der Waals surface area contributed by atoms with Crippen LogP contribution >= 0.6 is 0 Å². The summed E-state index contributed by atoms with van der Waals surface area (Å²) < 4.78 is 5.33. The number of likely N-dealkylation sites (tertiary alicyclic amines) is 1. The molecule has 1 unspecified atom stereocenters. The maximum atomic E-state index is 5.33. The molecule has 1 aromatic heterocycles. The first kappa shape index (κ1) is 12.7. The molecule has 1 aromatic rings. The van der Waals surface area contributed by atoms with E-state index in [9.17, 15) is 0 Å². The number of nitrogens with one attached hydrogen (secondary N) is 1. The predicted octanol–water partition coefficient (Wildman–Crippen LogP) is 2.49. The third-order valence-electron chi connectivity index (χ3n) is 3.96. The molecule has 96 valence electrons. The highest BCUT2D eigenvalue weighted by Crippen LogP contribution is 2.20. The number of rotatable bonds is 5. The molecule has 2 heterocycles. The largest absolute Gasteiger partial charge is 0.468 e. The van der Waals surface area contributed by atoms with Crippen molar-refractivity contribution >= 4 is 0 Å². The monoisotopic (exact) mass is 236 g/mol.